The summed E-state index contributed by atoms with van der Waals surface area (Å²) in [4.78, 5) is 36.4. The minimum Gasteiger partial charge on any atom is -0.463 e. The summed E-state index contributed by atoms with van der Waals surface area (Å²) in [6.45, 7) is 6.86. The molecule has 0 saturated heterocycles. The molecule has 0 fully saturated rings. The van der Waals surface area contributed by atoms with Gasteiger partial charge in [-0.1, -0.05) is 13.8 Å². The van der Waals surface area contributed by atoms with Gasteiger partial charge in [0, 0.05) is 16.9 Å². The number of nitrogens with zero attached hydrogens (tertiary/aromatic N) is 2. The molecule has 0 spiro atoms. The van der Waals surface area contributed by atoms with E-state index in [0.717, 1.165) is 11.8 Å². The quantitative estimate of drug-likeness (QED) is 0.586. The Bertz CT molecular complexity index is 862. The number of esters is 1. The number of nitriles is 2. The van der Waals surface area contributed by atoms with Gasteiger partial charge < -0.3 is 20.7 Å². The molecule has 3 amide bonds. The number of ether oxygens (including phenoxy) is 1. The van der Waals surface area contributed by atoms with E-state index >= 15 is 0 Å². The van der Waals surface area contributed by atoms with Crippen molar-refractivity contribution in [2.45, 2.75) is 33.7 Å². The maximum Gasteiger partial charge on any atom is 0.337 e. The Kier molecular flexibility index (Phi) is 6.37. The molecule has 28 heavy (non-hydrogen) atoms. The fraction of sp³-hybridized carbons (Fsp3) is 0.500. The molecule has 10 heteroatoms. The van der Waals surface area contributed by atoms with E-state index in [4.69, 9.17) is 4.74 Å². The molecule has 2 heterocycles. The molecule has 0 radical (unpaired) electrons. The first-order valence-corrected chi connectivity index (χ1v) is 9.61. The Labute approximate surface area is 167 Å². The average molecular weight is 403 g/mol. The smallest absolute Gasteiger partial charge is 0.337 e. The number of allylic oxidation sites excluding steroid dienone is 1. The van der Waals surface area contributed by atoms with Crippen LogP contribution in [0.2, 0.25) is 0 Å². The molecule has 0 saturated carbocycles. The maximum absolute atomic E-state index is 12.3. The number of urea groups is 1. The second-order valence-corrected chi connectivity index (χ2v) is 7.80. The zero-order chi connectivity index (χ0) is 21.1. The molecule has 0 unspecified atom stereocenters. The zero-order valence-electron chi connectivity index (χ0n) is 16.0. The summed E-state index contributed by atoms with van der Waals surface area (Å²) < 4.78 is 5.06. The van der Waals surface area contributed by atoms with E-state index in [9.17, 15) is 24.9 Å². The highest BCUT2D eigenvalue weighted by Crippen LogP contribution is 2.42. The van der Waals surface area contributed by atoms with E-state index in [1.54, 1.807) is 27.7 Å². The number of hydrogen-bond donors (Lipinski definition) is 3. The maximum atomic E-state index is 12.3. The lowest BCUT2D eigenvalue weighted by Gasteiger charge is -2.34. The highest BCUT2D eigenvalue weighted by molar-refractivity contribution is 8.03. The number of nitrogens with one attached hydrogen (secondary N) is 3. The third-order valence-electron chi connectivity index (χ3n) is 4.56. The Morgan fingerprint density at radius 3 is 2.54 bits per heavy atom. The molecule has 0 aromatic carbocycles. The van der Waals surface area contributed by atoms with Crippen LogP contribution in [-0.2, 0) is 14.3 Å². The van der Waals surface area contributed by atoms with Crippen LogP contribution < -0.4 is 16.0 Å². The molecule has 148 valence electrons. The van der Waals surface area contributed by atoms with E-state index in [-0.39, 0.29) is 23.5 Å². The number of hydrogen-bond acceptors (Lipinski definition) is 7. The lowest BCUT2D eigenvalue weighted by molar-refractivity contribution is -0.139. The molecule has 0 aromatic rings. The zero-order valence-corrected chi connectivity index (χ0v) is 16.8. The minimum absolute atomic E-state index is 0.125. The van der Waals surface area contributed by atoms with Crippen LogP contribution in [0.4, 0.5) is 4.79 Å². The van der Waals surface area contributed by atoms with Gasteiger partial charge in [0.05, 0.1) is 41.0 Å². The fourth-order valence-corrected chi connectivity index (χ4v) is 4.21. The molecule has 0 aliphatic carbocycles. The standard InChI is InChI=1S/C18H21N5O4S/c1-5-27-16(25)13-9(2)21-17(26)22-12(13)8-28-15-11(7-20)18(3,4)10(6-19)14(24)23-15/h9-10H,5,8H2,1-4H3,(H,23,24)(H2,21,22,26)/t9-,10-/m0/s1. The third-order valence-corrected chi connectivity index (χ3v) is 5.59. The van der Waals surface area contributed by atoms with Crippen LogP contribution in [0.1, 0.15) is 27.7 Å². The van der Waals surface area contributed by atoms with Crippen LogP contribution in [0.25, 0.3) is 0 Å². The van der Waals surface area contributed by atoms with Gasteiger partial charge in [-0.2, -0.15) is 10.5 Å². The lowest BCUT2D eigenvalue weighted by atomic mass is 9.72. The van der Waals surface area contributed by atoms with Crippen molar-refractivity contribution in [1.82, 2.24) is 16.0 Å². The lowest BCUT2D eigenvalue weighted by Crippen LogP contribution is -2.49. The predicted molar refractivity (Wildman–Crippen MR) is 101 cm³/mol. The average Bonchev–Trinajstić information content (AvgIpc) is 2.59. The predicted octanol–water partition coefficient (Wildman–Crippen LogP) is 1.27. The first kappa shape index (κ1) is 21.3. The molecular formula is C18H21N5O4S. The summed E-state index contributed by atoms with van der Waals surface area (Å²) in [6, 6.07) is 3.01. The van der Waals surface area contributed by atoms with Crippen LogP contribution in [0, 0.1) is 34.0 Å². The van der Waals surface area contributed by atoms with Crippen molar-refractivity contribution in [2.24, 2.45) is 11.3 Å². The van der Waals surface area contributed by atoms with Gasteiger partial charge in [-0.3, -0.25) is 4.79 Å². The molecule has 0 bridgehead atoms. The van der Waals surface area contributed by atoms with Crippen molar-refractivity contribution >= 4 is 29.7 Å². The summed E-state index contributed by atoms with van der Waals surface area (Å²) in [5.41, 5.74) is -0.0597. The van der Waals surface area contributed by atoms with Gasteiger partial charge in [-0.05, 0) is 13.8 Å². The van der Waals surface area contributed by atoms with Gasteiger partial charge in [-0.25, -0.2) is 9.59 Å². The Morgan fingerprint density at radius 1 is 1.29 bits per heavy atom. The molecule has 3 N–H and O–H groups in total. The molecule has 2 atom stereocenters. The Hall–Kier alpha value is -2.98. The van der Waals surface area contributed by atoms with Crippen molar-refractivity contribution in [3.8, 4) is 12.1 Å². The van der Waals surface area contributed by atoms with Gasteiger partial charge in [-0.15, -0.1) is 11.8 Å². The van der Waals surface area contributed by atoms with Gasteiger partial charge in [0.25, 0.3) is 0 Å². The van der Waals surface area contributed by atoms with Gasteiger partial charge >= 0.3 is 12.0 Å². The topological polar surface area (TPSA) is 144 Å². The number of carbonyl (C=O) groups is 3. The van der Waals surface area contributed by atoms with Crippen LogP contribution in [-0.4, -0.2) is 36.3 Å². The molecule has 9 nitrogen and oxygen atoms in total. The number of carbonyl (C=O) groups excluding carboxylic acids is 3. The number of rotatable bonds is 5. The number of thioether (sulfide) groups is 1. The van der Waals surface area contributed by atoms with Crippen molar-refractivity contribution in [1.29, 1.82) is 10.5 Å². The Morgan fingerprint density at radius 2 is 1.96 bits per heavy atom. The summed E-state index contributed by atoms with van der Waals surface area (Å²) in [6.07, 6.45) is 0. The second kappa shape index (κ2) is 8.36. The van der Waals surface area contributed by atoms with E-state index in [0.29, 0.717) is 10.7 Å². The minimum atomic E-state index is -0.987. The van der Waals surface area contributed by atoms with E-state index in [1.165, 1.54) is 0 Å². The third kappa shape index (κ3) is 3.97. The van der Waals surface area contributed by atoms with Crippen molar-refractivity contribution in [2.75, 3.05) is 12.4 Å². The Balaban J connectivity index is 2.37. The van der Waals surface area contributed by atoms with Crippen LogP contribution in [0.3, 0.4) is 0 Å². The fourth-order valence-electron chi connectivity index (χ4n) is 3.07. The van der Waals surface area contributed by atoms with Crippen molar-refractivity contribution in [3.63, 3.8) is 0 Å². The molecule has 0 aromatic heterocycles. The summed E-state index contributed by atoms with van der Waals surface area (Å²) >= 11 is 1.11. The van der Waals surface area contributed by atoms with E-state index in [1.807, 2.05) is 6.07 Å². The highest BCUT2D eigenvalue weighted by Gasteiger charge is 2.44. The van der Waals surface area contributed by atoms with Crippen molar-refractivity contribution in [3.05, 3.63) is 21.9 Å². The van der Waals surface area contributed by atoms with Gasteiger partial charge in [0.1, 0.15) is 5.92 Å². The largest absolute Gasteiger partial charge is 0.463 e. The molecule has 2 aliphatic heterocycles. The SMILES string of the molecule is CCOC(=O)C1=C(CSC2=C(C#N)C(C)(C)[C@@H](C#N)C(=O)N2)NC(=O)N[C@H]1C. The summed E-state index contributed by atoms with van der Waals surface area (Å²) in [7, 11) is 0. The molecular weight excluding hydrogens is 382 g/mol. The summed E-state index contributed by atoms with van der Waals surface area (Å²) in [5.74, 6) is -1.90. The second-order valence-electron chi connectivity index (χ2n) is 6.81. The van der Waals surface area contributed by atoms with Crippen LogP contribution in [0.5, 0.6) is 0 Å². The van der Waals surface area contributed by atoms with Crippen molar-refractivity contribution < 1.29 is 19.1 Å². The van der Waals surface area contributed by atoms with Gasteiger partial charge in [0.2, 0.25) is 5.91 Å². The summed E-state index contributed by atoms with van der Waals surface area (Å²) in [5, 5.41) is 27.0. The molecule has 2 rings (SSSR count). The normalized spacial score (nSPS) is 23.8. The van der Waals surface area contributed by atoms with E-state index < -0.39 is 35.3 Å². The monoisotopic (exact) mass is 403 g/mol. The van der Waals surface area contributed by atoms with Gasteiger partial charge in [0.15, 0.2) is 0 Å². The highest BCUT2D eigenvalue weighted by atomic mass is 32.2. The first-order chi connectivity index (χ1) is 13.2. The van der Waals surface area contributed by atoms with Crippen LogP contribution in [0.15, 0.2) is 21.9 Å². The first-order valence-electron chi connectivity index (χ1n) is 8.63. The van der Waals surface area contributed by atoms with Crippen LogP contribution >= 0.6 is 11.8 Å². The molecule has 2 aliphatic rings. The van der Waals surface area contributed by atoms with E-state index in [2.05, 4.69) is 22.0 Å². The number of amides is 3.